The van der Waals surface area contributed by atoms with Crippen molar-refractivity contribution in [1.29, 1.82) is 0 Å². The second-order valence-electron chi connectivity index (χ2n) is 8.47. The molecule has 0 aliphatic rings. The van der Waals surface area contributed by atoms with Gasteiger partial charge in [0.15, 0.2) is 0 Å². The van der Waals surface area contributed by atoms with Crippen molar-refractivity contribution in [2.75, 3.05) is 23.0 Å². The van der Waals surface area contributed by atoms with E-state index in [9.17, 15) is 19.2 Å². The van der Waals surface area contributed by atoms with E-state index in [4.69, 9.17) is 19.3 Å². The first kappa shape index (κ1) is 33.4. The summed E-state index contributed by atoms with van der Waals surface area (Å²) >= 11 is 0. The maximum atomic E-state index is 12.2. The van der Waals surface area contributed by atoms with Crippen LogP contribution in [0.1, 0.15) is 25.7 Å². The second-order valence-corrected chi connectivity index (χ2v) is 13.9. The van der Waals surface area contributed by atoms with Crippen LogP contribution in [0.3, 0.4) is 0 Å². The molecule has 0 saturated heterocycles. The van der Waals surface area contributed by atoms with Gasteiger partial charge in [-0.3, -0.25) is 19.2 Å². The molecule has 0 fully saturated rings. The Morgan fingerprint density at radius 3 is 1.17 bits per heavy atom. The molecule has 3 aromatic rings. The molecule has 0 bridgehead atoms. The zero-order valence-electron chi connectivity index (χ0n) is 22.6. The number of hydrogen-bond acceptors (Lipinski definition) is 11. The molecule has 8 nitrogen and oxygen atoms in total. The minimum absolute atomic E-state index is 0.0974. The zero-order chi connectivity index (χ0) is 30.0. The highest BCUT2D eigenvalue weighted by Crippen LogP contribution is 2.27. The van der Waals surface area contributed by atoms with Crippen LogP contribution in [0.15, 0.2) is 78.9 Å². The molecule has 0 aliphatic heterocycles. The molecule has 3 rings (SSSR count). The average molecular weight is 647 g/mol. The van der Waals surface area contributed by atoms with Crippen LogP contribution in [-0.2, 0) is 19.2 Å². The molecule has 12 heteroatoms. The number of para-hydroxylation sites is 1. The molecule has 3 aromatic carbocycles. The van der Waals surface area contributed by atoms with E-state index >= 15 is 0 Å². The smallest absolute Gasteiger partial charge is 0.312 e. The van der Waals surface area contributed by atoms with Gasteiger partial charge in [0.2, 0.25) is 0 Å². The number of carboxylic acid groups (broad SMARTS) is 1. The first-order valence-corrected chi connectivity index (χ1v) is 17.9. The van der Waals surface area contributed by atoms with Crippen molar-refractivity contribution in [3.8, 4) is 28.4 Å². The molecule has 0 amide bonds. The van der Waals surface area contributed by atoms with E-state index in [1.165, 1.54) is 43.2 Å². The Labute approximate surface area is 260 Å². The van der Waals surface area contributed by atoms with E-state index in [1.54, 1.807) is 36.4 Å². The first-order valence-electron chi connectivity index (χ1n) is 13.0. The highest BCUT2D eigenvalue weighted by Gasteiger charge is 2.09. The highest BCUT2D eigenvalue weighted by atomic mass is 33.1. The lowest BCUT2D eigenvalue weighted by Crippen LogP contribution is -2.09. The summed E-state index contributed by atoms with van der Waals surface area (Å²) in [5, 5.41) is 8.62. The van der Waals surface area contributed by atoms with Gasteiger partial charge in [0, 0.05) is 23.0 Å². The number of carbonyl (C=O) groups is 4. The Morgan fingerprint density at radius 1 is 0.476 bits per heavy atom. The van der Waals surface area contributed by atoms with Gasteiger partial charge >= 0.3 is 23.9 Å². The maximum Gasteiger partial charge on any atom is 0.312 e. The topological polar surface area (TPSA) is 116 Å². The van der Waals surface area contributed by atoms with E-state index in [-0.39, 0.29) is 43.6 Å². The van der Waals surface area contributed by atoms with E-state index in [0.29, 0.717) is 40.3 Å². The average Bonchev–Trinajstić information content (AvgIpc) is 2.98. The summed E-state index contributed by atoms with van der Waals surface area (Å²) in [6.45, 7) is 0. The number of esters is 3. The van der Waals surface area contributed by atoms with Gasteiger partial charge in [0.1, 0.15) is 17.2 Å². The number of carboxylic acids is 1. The summed E-state index contributed by atoms with van der Waals surface area (Å²) in [4.78, 5) is 46.6. The van der Waals surface area contributed by atoms with Gasteiger partial charge in [0.05, 0.1) is 25.7 Å². The number of rotatable bonds is 18. The molecular weight excluding hydrogens is 617 g/mol. The van der Waals surface area contributed by atoms with Crippen molar-refractivity contribution in [3.05, 3.63) is 78.9 Å². The number of carbonyl (C=O) groups excluding carboxylic acids is 3. The summed E-state index contributed by atoms with van der Waals surface area (Å²) < 4.78 is 16.0. The summed E-state index contributed by atoms with van der Waals surface area (Å²) in [5.74, 6) is 1.83. The van der Waals surface area contributed by atoms with Crippen LogP contribution in [0, 0.1) is 0 Å². The molecule has 0 heterocycles. The van der Waals surface area contributed by atoms with Crippen LogP contribution in [0.25, 0.3) is 11.1 Å². The number of aliphatic carboxylic acids is 1. The zero-order valence-corrected chi connectivity index (χ0v) is 25.9. The second kappa shape index (κ2) is 19.2. The molecule has 42 heavy (non-hydrogen) atoms. The number of hydrogen-bond donors (Lipinski definition) is 1. The van der Waals surface area contributed by atoms with Gasteiger partial charge in [-0.05, 0) is 47.5 Å². The number of ether oxygens (including phenoxy) is 3. The van der Waals surface area contributed by atoms with Crippen LogP contribution in [0.2, 0.25) is 0 Å². The van der Waals surface area contributed by atoms with E-state index in [0.717, 1.165) is 11.1 Å². The lowest BCUT2D eigenvalue weighted by Gasteiger charge is -2.08. The van der Waals surface area contributed by atoms with E-state index in [1.807, 2.05) is 42.5 Å². The summed E-state index contributed by atoms with van der Waals surface area (Å²) in [6.07, 6.45) is 0.862. The standard InChI is InChI=1S/C30H30O8S4/c31-27(32)14-18-39-40-19-16-29(34)37-25-10-6-22(7-11-25)23-8-12-26(13-9-23)38-30(35)17-21-42-41-20-15-28(33)36-24-4-2-1-3-5-24/h1-13H,14-21H2,(H,31,32). The SMILES string of the molecule is O=C(O)CCSSCCC(=O)Oc1ccc(-c2ccc(OC(=O)CCSSCCC(=O)Oc3ccccc3)cc2)cc1. The molecule has 0 aromatic heterocycles. The quantitative estimate of drug-likeness (QED) is 0.0653. The highest BCUT2D eigenvalue weighted by molar-refractivity contribution is 8.77. The van der Waals surface area contributed by atoms with Gasteiger partial charge in [-0.2, -0.15) is 0 Å². The molecule has 0 unspecified atom stereocenters. The van der Waals surface area contributed by atoms with Gasteiger partial charge in [0.25, 0.3) is 0 Å². The van der Waals surface area contributed by atoms with Crippen molar-refractivity contribution in [2.24, 2.45) is 0 Å². The molecule has 1 N–H and O–H groups in total. The summed E-state index contributed by atoms with van der Waals surface area (Å²) in [7, 11) is 5.90. The fourth-order valence-electron chi connectivity index (χ4n) is 3.21. The normalized spacial score (nSPS) is 10.6. The Kier molecular flexibility index (Phi) is 15.3. The molecule has 0 radical (unpaired) electrons. The molecule has 0 saturated carbocycles. The predicted octanol–water partition coefficient (Wildman–Crippen LogP) is 7.18. The molecule has 0 atom stereocenters. The van der Waals surface area contributed by atoms with Gasteiger partial charge in [-0.1, -0.05) is 85.6 Å². The fraction of sp³-hybridized carbons (Fsp3) is 0.267. The Morgan fingerprint density at radius 2 is 0.810 bits per heavy atom. The predicted molar refractivity (Wildman–Crippen MR) is 171 cm³/mol. The Bertz CT molecular complexity index is 1280. The van der Waals surface area contributed by atoms with E-state index < -0.39 is 5.97 Å². The van der Waals surface area contributed by atoms with Crippen LogP contribution in [0.5, 0.6) is 17.2 Å². The largest absolute Gasteiger partial charge is 0.481 e. The fourth-order valence-corrected chi connectivity index (χ4v) is 7.10. The number of benzene rings is 3. The van der Waals surface area contributed by atoms with Crippen molar-refractivity contribution in [3.63, 3.8) is 0 Å². The van der Waals surface area contributed by atoms with E-state index in [2.05, 4.69) is 0 Å². The van der Waals surface area contributed by atoms with Crippen molar-refractivity contribution in [1.82, 2.24) is 0 Å². The van der Waals surface area contributed by atoms with Gasteiger partial charge in [-0.15, -0.1) is 0 Å². The monoisotopic (exact) mass is 646 g/mol. The Balaban J connectivity index is 1.29. The van der Waals surface area contributed by atoms with Crippen LogP contribution in [0.4, 0.5) is 0 Å². The molecule has 0 spiro atoms. The van der Waals surface area contributed by atoms with Gasteiger partial charge < -0.3 is 19.3 Å². The Hall–Kier alpha value is -3.06. The molecule has 222 valence electrons. The first-order chi connectivity index (χ1) is 20.4. The lowest BCUT2D eigenvalue weighted by molar-refractivity contribution is -0.137. The minimum atomic E-state index is -0.833. The maximum absolute atomic E-state index is 12.2. The minimum Gasteiger partial charge on any atom is -0.481 e. The van der Waals surface area contributed by atoms with Crippen molar-refractivity contribution >= 4 is 67.1 Å². The molecular formula is C30H30O8S4. The summed E-state index contributed by atoms with van der Waals surface area (Å²) in [6, 6.07) is 23.2. The van der Waals surface area contributed by atoms with Crippen LogP contribution in [-0.4, -0.2) is 52.0 Å². The lowest BCUT2D eigenvalue weighted by atomic mass is 10.1. The van der Waals surface area contributed by atoms with Gasteiger partial charge in [-0.25, -0.2) is 0 Å². The van der Waals surface area contributed by atoms with Crippen molar-refractivity contribution < 1.29 is 38.5 Å². The van der Waals surface area contributed by atoms with Crippen molar-refractivity contribution in [2.45, 2.75) is 25.7 Å². The van der Waals surface area contributed by atoms with Crippen LogP contribution >= 0.6 is 43.2 Å². The third-order valence-corrected chi connectivity index (χ3v) is 10.0. The third kappa shape index (κ3) is 13.7. The summed E-state index contributed by atoms with van der Waals surface area (Å²) in [5.41, 5.74) is 1.83. The third-order valence-electron chi connectivity index (χ3n) is 5.21. The van der Waals surface area contributed by atoms with Crippen LogP contribution < -0.4 is 14.2 Å². The molecule has 0 aliphatic carbocycles.